The van der Waals surface area contributed by atoms with Crippen molar-refractivity contribution in [3.8, 4) is 0 Å². The first-order valence-electron chi connectivity index (χ1n) is 4.04. The molecule has 0 radical (unpaired) electrons. The third kappa shape index (κ3) is 1.25. The van der Waals surface area contributed by atoms with Gasteiger partial charge in [-0.3, -0.25) is 4.79 Å². The van der Waals surface area contributed by atoms with Crippen LogP contribution in [-0.2, 0) is 14.3 Å². The second-order valence-corrected chi connectivity index (χ2v) is 3.25. The molecule has 1 aliphatic carbocycles. The van der Waals surface area contributed by atoms with Gasteiger partial charge in [0.2, 0.25) is 0 Å². The Morgan fingerprint density at radius 3 is 2.91 bits per heavy atom. The van der Waals surface area contributed by atoms with Gasteiger partial charge in [-0.05, 0) is 19.3 Å². The zero-order valence-corrected chi connectivity index (χ0v) is 6.58. The third-order valence-corrected chi connectivity index (χ3v) is 2.54. The number of methoxy groups -OCH3 is 1. The van der Waals surface area contributed by atoms with Crippen LogP contribution in [-0.4, -0.2) is 25.3 Å². The van der Waals surface area contributed by atoms with Crippen molar-refractivity contribution in [1.29, 1.82) is 0 Å². The molecule has 0 bridgehead atoms. The number of rotatable bonds is 1. The smallest absolute Gasteiger partial charge is 0.308 e. The van der Waals surface area contributed by atoms with Gasteiger partial charge in [-0.2, -0.15) is 0 Å². The van der Waals surface area contributed by atoms with Crippen LogP contribution in [0, 0.1) is 5.92 Å². The maximum atomic E-state index is 11.1. The molecule has 3 nitrogen and oxygen atoms in total. The van der Waals surface area contributed by atoms with Gasteiger partial charge in [0.25, 0.3) is 0 Å². The first-order chi connectivity index (χ1) is 5.31. The number of carbonyl (C=O) groups excluding carboxylic acids is 1. The average molecular weight is 156 g/mol. The zero-order valence-electron chi connectivity index (χ0n) is 6.58. The minimum absolute atomic E-state index is 0.0704. The number of hydrogen-bond acceptors (Lipinski definition) is 3. The summed E-state index contributed by atoms with van der Waals surface area (Å²) in [4.78, 5) is 11.1. The van der Waals surface area contributed by atoms with E-state index in [4.69, 9.17) is 4.74 Å². The van der Waals surface area contributed by atoms with Crippen LogP contribution in [0.25, 0.3) is 0 Å². The number of hydrogen-bond donors (Lipinski definition) is 0. The van der Waals surface area contributed by atoms with Crippen molar-refractivity contribution < 1.29 is 14.3 Å². The molecule has 0 spiro atoms. The number of epoxide rings is 1. The lowest BCUT2D eigenvalue weighted by molar-refractivity contribution is -0.146. The van der Waals surface area contributed by atoms with E-state index in [-0.39, 0.29) is 11.9 Å². The lowest BCUT2D eigenvalue weighted by atomic mass is 9.89. The molecule has 0 unspecified atom stereocenters. The number of esters is 1. The van der Waals surface area contributed by atoms with E-state index in [2.05, 4.69) is 4.74 Å². The summed E-state index contributed by atoms with van der Waals surface area (Å²) in [6.45, 7) is 0. The largest absolute Gasteiger partial charge is 0.469 e. The number of carbonyl (C=O) groups is 1. The first kappa shape index (κ1) is 7.10. The molecule has 11 heavy (non-hydrogen) atoms. The Balaban J connectivity index is 1.89. The minimum atomic E-state index is -0.0704. The lowest BCUT2D eigenvalue weighted by Crippen LogP contribution is -2.22. The zero-order chi connectivity index (χ0) is 7.84. The van der Waals surface area contributed by atoms with Crippen LogP contribution in [0.1, 0.15) is 19.3 Å². The molecule has 1 aliphatic heterocycles. The second-order valence-electron chi connectivity index (χ2n) is 3.25. The molecule has 0 N–H and O–H groups in total. The Bertz CT molecular complexity index is 178. The highest BCUT2D eigenvalue weighted by molar-refractivity contribution is 5.72. The van der Waals surface area contributed by atoms with E-state index in [0.717, 1.165) is 19.3 Å². The predicted octanol–water partition coefficient (Wildman–Crippen LogP) is 0.727. The molecule has 0 aromatic rings. The Labute approximate surface area is 65.7 Å². The monoisotopic (exact) mass is 156 g/mol. The molecule has 2 aliphatic rings. The fourth-order valence-corrected chi connectivity index (χ4v) is 1.78. The summed E-state index contributed by atoms with van der Waals surface area (Å²) in [5.74, 6) is 0.0303. The molecule has 0 aromatic heterocycles. The Hall–Kier alpha value is -0.570. The van der Waals surface area contributed by atoms with Crippen molar-refractivity contribution in [2.24, 2.45) is 5.92 Å². The van der Waals surface area contributed by atoms with Gasteiger partial charge in [0, 0.05) is 0 Å². The molecule has 3 atom stereocenters. The molecule has 2 fully saturated rings. The van der Waals surface area contributed by atoms with Gasteiger partial charge in [0.15, 0.2) is 0 Å². The van der Waals surface area contributed by atoms with E-state index < -0.39 is 0 Å². The van der Waals surface area contributed by atoms with Crippen LogP contribution < -0.4 is 0 Å². The van der Waals surface area contributed by atoms with Crippen molar-refractivity contribution in [3.05, 3.63) is 0 Å². The van der Waals surface area contributed by atoms with Crippen LogP contribution >= 0.6 is 0 Å². The van der Waals surface area contributed by atoms with Gasteiger partial charge < -0.3 is 9.47 Å². The van der Waals surface area contributed by atoms with E-state index >= 15 is 0 Å². The van der Waals surface area contributed by atoms with Crippen molar-refractivity contribution >= 4 is 5.97 Å². The highest BCUT2D eigenvalue weighted by atomic mass is 16.6. The topological polar surface area (TPSA) is 38.8 Å². The lowest BCUT2D eigenvalue weighted by Gasteiger charge is -2.15. The van der Waals surface area contributed by atoms with E-state index in [1.54, 1.807) is 0 Å². The van der Waals surface area contributed by atoms with Gasteiger partial charge in [-0.25, -0.2) is 0 Å². The SMILES string of the molecule is COC(=O)[C@H]1CC[C@H]2O[C@@H]2C1. The van der Waals surface area contributed by atoms with Gasteiger partial charge in [-0.1, -0.05) is 0 Å². The van der Waals surface area contributed by atoms with Crippen LogP contribution in [0.15, 0.2) is 0 Å². The Morgan fingerprint density at radius 2 is 2.27 bits per heavy atom. The highest BCUT2D eigenvalue weighted by Gasteiger charge is 2.45. The summed E-state index contributed by atoms with van der Waals surface area (Å²) in [7, 11) is 1.45. The summed E-state index contributed by atoms with van der Waals surface area (Å²) in [6, 6.07) is 0. The molecular formula is C8H12O3. The van der Waals surface area contributed by atoms with E-state index in [0.29, 0.717) is 12.2 Å². The van der Waals surface area contributed by atoms with E-state index in [9.17, 15) is 4.79 Å². The van der Waals surface area contributed by atoms with Crippen LogP contribution in [0.4, 0.5) is 0 Å². The van der Waals surface area contributed by atoms with Crippen molar-refractivity contribution in [2.75, 3.05) is 7.11 Å². The molecular weight excluding hydrogens is 144 g/mol. The molecule has 0 aromatic carbocycles. The van der Waals surface area contributed by atoms with Crippen LogP contribution in [0.5, 0.6) is 0 Å². The van der Waals surface area contributed by atoms with Crippen LogP contribution in [0.2, 0.25) is 0 Å². The van der Waals surface area contributed by atoms with Gasteiger partial charge in [-0.15, -0.1) is 0 Å². The fourth-order valence-electron chi connectivity index (χ4n) is 1.78. The summed E-state index contributed by atoms with van der Waals surface area (Å²) >= 11 is 0. The quantitative estimate of drug-likeness (QED) is 0.415. The van der Waals surface area contributed by atoms with E-state index in [1.807, 2.05) is 0 Å². The Kier molecular flexibility index (Phi) is 1.60. The molecule has 62 valence electrons. The number of ether oxygens (including phenoxy) is 2. The van der Waals surface area contributed by atoms with Gasteiger partial charge >= 0.3 is 5.97 Å². The molecule has 0 amide bonds. The third-order valence-electron chi connectivity index (χ3n) is 2.54. The minimum Gasteiger partial charge on any atom is -0.469 e. The summed E-state index contributed by atoms with van der Waals surface area (Å²) < 4.78 is 9.96. The standard InChI is InChI=1S/C8H12O3/c1-10-8(9)5-2-3-6-7(4-5)11-6/h5-7H,2-4H2,1H3/t5-,6+,7+/m0/s1. The van der Waals surface area contributed by atoms with Gasteiger partial charge in [0.05, 0.1) is 25.2 Å². The van der Waals surface area contributed by atoms with E-state index in [1.165, 1.54) is 7.11 Å². The summed E-state index contributed by atoms with van der Waals surface area (Å²) in [5, 5.41) is 0. The molecule has 1 saturated heterocycles. The molecule has 2 rings (SSSR count). The van der Waals surface area contributed by atoms with Crippen molar-refractivity contribution in [1.82, 2.24) is 0 Å². The predicted molar refractivity (Wildman–Crippen MR) is 38.0 cm³/mol. The fraction of sp³-hybridized carbons (Fsp3) is 0.875. The second kappa shape index (κ2) is 2.48. The Morgan fingerprint density at radius 1 is 1.45 bits per heavy atom. The maximum absolute atomic E-state index is 11.1. The van der Waals surface area contributed by atoms with Crippen molar-refractivity contribution in [2.45, 2.75) is 31.5 Å². The molecule has 1 heterocycles. The van der Waals surface area contributed by atoms with Gasteiger partial charge in [0.1, 0.15) is 0 Å². The highest BCUT2D eigenvalue weighted by Crippen LogP contribution is 2.39. The maximum Gasteiger partial charge on any atom is 0.308 e. The van der Waals surface area contributed by atoms with Crippen molar-refractivity contribution in [3.63, 3.8) is 0 Å². The normalized spacial score (nSPS) is 41.0. The van der Waals surface area contributed by atoms with Crippen LogP contribution in [0.3, 0.4) is 0 Å². The first-order valence-corrected chi connectivity index (χ1v) is 4.04. The summed E-state index contributed by atoms with van der Waals surface area (Å²) in [5.41, 5.74) is 0. The molecule has 1 saturated carbocycles. The number of fused-ring (bicyclic) bond motifs is 1. The average Bonchev–Trinajstić information content (AvgIpc) is 2.80. The summed E-state index contributed by atoms with van der Waals surface area (Å²) in [6.07, 6.45) is 3.68. The molecule has 3 heteroatoms.